The van der Waals surface area contributed by atoms with Gasteiger partial charge in [-0.2, -0.15) is 9.78 Å². The first-order valence-corrected chi connectivity index (χ1v) is 12.5. The van der Waals surface area contributed by atoms with Crippen molar-refractivity contribution < 1.29 is 4.79 Å². The number of rotatable bonds is 1. The second-order valence-electron chi connectivity index (χ2n) is 9.73. The quantitative estimate of drug-likeness (QED) is 0.400. The minimum atomic E-state index is -0.163. The number of piperidine rings is 1. The monoisotopic (exact) mass is 483 g/mol. The lowest BCUT2D eigenvalue weighted by molar-refractivity contribution is 0.0785. The minimum absolute atomic E-state index is 0.0829. The van der Waals surface area contributed by atoms with Crippen LogP contribution in [0.3, 0.4) is 0 Å². The SMILES string of the molecule is [C-]#[N+]c1c2c(nn1C1CCNCC1)C(=O)N(C)CCCCn1cc(c(C)n1)-c1c[nH]c3ncc-2cc13. The number of aromatic nitrogens is 6. The van der Waals surface area contributed by atoms with Gasteiger partial charge in [-0.15, -0.1) is 0 Å². The number of fused-ring (bicyclic) bond motifs is 6. The zero-order valence-electron chi connectivity index (χ0n) is 20.6. The standard InChI is InChI=1S/C26H29N9O/c1-16-21-15-34(31-16)11-5-4-10-33(3)26(36)23-22(17-12-19-20(21)14-30-24(19)29-13-17)25(27-2)35(32-23)18-6-8-28-9-7-18/h12-15,18,28H,4-11H2,1,3H3,(H,29,30). The smallest absolute Gasteiger partial charge is 0.275 e. The number of carbonyl (C=O) groups excluding carboxylic acids is 1. The Bertz CT molecular complexity index is 1500. The molecule has 1 fully saturated rings. The highest BCUT2D eigenvalue weighted by Crippen LogP contribution is 2.40. The molecule has 0 spiro atoms. The first-order valence-electron chi connectivity index (χ1n) is 12.5. The largest absolute Gasteiger partial charge is 0.362 e. The number of carbonyl (C=O) groups is 1. The molecule has 0 saturated carbocycles. The van der Waals surface area contributed by atoms with Crippen LogP contribution in [0.1, 0.15) is 47.9 Å². The number of amides is 1. The highest BCUT2D eigenvalue weighted by Gasteiger charge is 2.32. The number of aromatic amines is 1. The van der Waals surface area contributed by atoms with E-state index in [1.54, 1.807) is 15.8 Å². The van der Waals surface area contributed by atoms with Crippen LogP contribution in [-0.4, -0.2) is 67.0 Å². The van der Waals surface area contributed by atoms with Gasteiger partial charge in [0.05, 0.1) is 5.69 Å². The van der Waals surface area contributed by atoms with Gasteiger partial charge >= 0.3 is 0 Å². The molecular weight excluding hydrogens is 454 g/mol. The lowest BCUT2D eigenvalue weighted by atomic mass is 10.0. The Balaban J connectivity index is 1.60. The van der Waals surface area contributed by atoms with Crippen molar-refractivity contribution in [3.8, 4) is 22.3 Å². The molecule has 0 aliphatic carbocycles. The molecule has 4 aromatic heterocycles. The summed E-state index contributed by atoms with van der Waals surface area (Å²) in [5, 5.41) is 13.8. The normalized spacial score (nSPS) is 17.1. The van der Waals surface area contributed by atoms with E-state index >= 15 is 0 Å². The maximum absolute atomic E-state index is 13.7. The Morgan fingerprint density at radius 2 is 1.94 bits per heavy atom. The van der Waals surface area contributed by atoms with E-state index in [4.69, 9.17) is 16.8 Å². The van der Waals surface area contributed by atoms with E-state index in [0.717, 1.165) is 78.7 Å². The molecule has 2 N–H and O–H groups in total. The fourth-order valence-corrected chi connectivity index (χ4v) is 5.42. The zero-order valence-corrected chi connectivity index (χ0v) is 20.6. The summed E-state index contributed by atoms with van der Waals surface area (Å²) in [5.41, 5.74) is 5.41. The molecule has 10 nitrogen and oxygen atoms in total. The molecule has 0 radical (unpaired) electrons. The van der Waals surface area contributed by atoms with Gasteiger partial charge in [0.2, 0.25) is 0 Å². The Labute approximate surface area is 209 Å². The second kappa shape index (κ2) is 8.91. The van der Waals surface area contributed by atoms with Crippen molar-refractivity contribution in [1.29, 1.82) is 0 Å². The summed E-state index contributed by atoms with van der Waals surface area (Å²) < 4.78 is 3.78. The predicted octanol–water partition coefficient (Wildman–Crippen LogP) is 3.94. The molecule has 1 amide bonds. The van der Waals surface area contributed by atoms with Crippen molar-refractivity contribution in [3.63, 3.8) is 0 Å². The van der Waals surface area contributed by atoms with Gasteiger partial charge in [0.15, 0.2) is 5.69 Å². The van der Waals surface area contributed by atoms with Crippen molar-refractivity contribution in [2.45, 2.75) is 45.2 Å². The van der Waals surface area contributed by atoms with E-state index in [-0.39, 0.29) is 11.9 Å². The van der Waals surface area contributed by atoms with Crippen molar-refractivity contribution in [2.75, 3.05) is 26.7 Å². The molecular formula is C26H29N9O. The van der Waals surface area contributed by atoms with E-state index in [2.05, 4.69) is 26.3 Å². The molecule has 184 valence electrons. The fourth-order valence-electron chi connectivity index (χ4n) is 5.42. The summed E-state index contributed by atoms with van der Waals surface area (Å²) in [6.45, 7) is 13.2. The number of hydrogen-bond acceptors (Lipinski definition) is 5. The Morgan fingerprint density at radius 1 is 1.14 bits per heavy atom. The molecule has 4 bridgehead atoms. The first kappa shape index (κ1) is 22.5. The molecule has 1 saturated heterocycles. The van der Waals surface area contributed by atoms with Crippen molar-refractivity contribution >= 4 is 22.8 Å². The summed E-state index contributed by atoms with van der Waals surface area (Å²) in [7, 11) is 1.81. The topological polar surface area (TPSA) is 101 Å². The first-order chi connectivity index (χ1) is 17.5. The number of pyridine rings is 1. The van der Waals surface area contributed by atoms with Crippen LogP contribution in [0.25, 0.3) is 38.1 Å². The molecule has 2 aliphatic heterocycles. The number of H-pyrrole nitrogens is 1. The molecule has 6 heterocycles. The van der Waals surface area contributed by atoms with E-state index in [1.807, 2.05) is 30.9 Å². The van der Waals surface area contributed by atoms with Crippen LogP contribution in [0.5, 0.6) is 0 Å². The van der Waals surface area contributed by atoms with Crippen LogP contribution >= 0.6 is 0 Å². The number of nitrogens with one attached hydrogen (secondary N) is 2. The van der Waals surface area contributed by atoms with Crippen LogP contribution in [-0.2, 0) is 6.54 Å². The van der Waals surface area contributed by atoms with E-state index in [9.17, 15) is 4.79 Å². The highest BCUT2D eigenvalue weighted by molar-refractivity contribution is 6.04. The predicted molar refractivity (Wildman–Crippen MR) is 137 cm³/mol. The minimum Gasteiger partial charge on any atom is -0.362 e. The van der Waals surface area contributed by atoms with E-state index < -0.39 is 0 Å². The Kier molecular flexibility index (Phi) is 5.57. The van der Waals surface area contributed by atoms with Crippen molar-refractivity contribution in [2.24, 2.45) is 0 Å². The summed E-state index contributed by atoms with van der Waals surface area (Å²) in [6.07, 6.45) is 9.28. The lowest BCUT2D eigenvalue weighted by Crippen LogP contribution is -2.31. The van der Waals surface area contributed by atoms with Gasteiger partial charge in [0.25, 0.3) is 11.7 Å². The van der Waals surface area contributed by atoms with Crippen LogP contribution in [0.15, 0.2) is 24.7 Å². The van der Waals surface area contributed by atoms with Gasteiger partial charge in [-0.3, -0.25) is 9.48 Å². The molecule has 0 unspecified atom stereocenters. The molecule has 4 aromatic rings. The summed E-state index contributed by atoms with van der Waals surface area (Å²) in [5.74, 6) is 0.244. The zero-order chi connectivity index (χ0) is 24.8. The van der Waals surface area contributed by atoms with Gasteiger partial charge < -0.3 is 20.0 Å². The average molecular weight is 484 g/mol. The molecule has 0 atom stereocenters. The van der Waals surface area contributed by atoms with Gasteiger partial charge in [-0.05, 0) is 44.5 Å². The highest BCUT2D eigenvalue weighted by atomic mass is 16.2. The summed E-state index contributed by atoms with van der Waals surface area (Å²) in [6, 6.07) is 2.11. The van der Waals surface area contributed by atoms with Gasteiger partial charge in [0, 0.05) is 73.6 Å². The van der Waals surface area contributed by atoms with Gasteiger partial charge in [0.1, 0.15) is 11.7 Å². The third-order valence-electron chi connectivity index (χ3n) is 7.38. The maximum Gasteiger partial charge on any atom is 0.275 e. The van der Waals surface area contributed by atoms with Gasteiger partial charge in [-0.25, -0.2) is 4.98 Å². The van der Waals surface area contributed by atoms with Crippen molar-refractivity contribution in [1.82, 2.24) is 39.7 Å². The number of nitrogens with zero attached hydrogens (tertiary/aromatic N) is 7. The maximum atomic E-state index is 13.7. The third kappa shape index (κ3) is 3.67. The summed E-state index contributed by atoms with van der Waals surface area (Å²) >= 11 is 0. The lowest BCUT2D eigenvalue weighted by Gasteiger charge is -2.21. The molecule has 0 aromatic carbocycles. The van der Waals surface area contributed by atoms with Gasteiger partial charge in [-0.1, -0.05) is 11.7 Å². The fraction of sp³-hybridized carbons (Fsp3) is 0.423. The van der Waals surface area contributed by atoms with Crippen LogP contribution in [0, 0.1) is 13.5 Å². The Morgan fingerprint density at radius 3 is 2.75 bits per heavy atom. The van der Waals surface area contributed by atoms with Crippen molar-refractivity contribution in [3.05, 3.63) is 47.5 Å². The molecule has 10 heteroatoms. The molecule has 6 rings (SSSR count). The van der Waals surface area contributed by atoms with E-state index in [0.29, 0.717) is 23.6 Å². The third-order valence-corrected chi connectivity index (χ3v) is 7.38. The van der Waals surface area contributed by atoms with Crippen LogP contribution < -0.4 is 5.32 Å². The van der Waals surface area contributed by atoms with E-state index in [1.165, 1.54) is 0 Å². The average Bonchev–Trinajstić information content (AvgIpc) is 3.60. The molecule has 2 aliphatic rings. The van der Waals surface area contributed by atoms with Crippen LogP contribution in [0.2, 0.25) is 0 Å². The van der Waals surface area contributed by atoms with Crippen LogP contribution in [0.4, 0.5) is 5.82 Å². The second-order valence-corrected chi connectivity index (χ2v) is 9.73. The number of hydrogen-bond donors (Lipinski definition) is 2. The molecule has 36 heavy (non-hydrogen) atoms. The number of aryl methyl sites for hydroxylation is 2. The summed E-state index contributed by atoms with van der Waals surface area (Å²) in [4.78, 5) is 27.3. The Hall–Kier alpha value is -3.97.